The number of hydrogen-bond donors (Lipinski definition) is 2. The van der Waals surface area contributed by atoms with E-state index in [0.717, 1.165) is 12.8 Å². The fourth-order valence-corrected chi connectivity index (χ4v) is 4.36. The number of halogens is 2. The molecule has 2 atom stereocenters. The molecule has 2 aliphatic heterocycles. The highest BCUT2D eigenvalue weighted by Crippen LogP contribution is 2.33. The van der Waals surface area contributed by atoms with Crippen LogP contribution < -0.4 is 10.6 Å². The van der Waals surface area contributed by atoms with E-state index in [1.807, 2.05) is 0 Å². The number of piperidine rings is 1. The molecular weight excluding hydrogens is 367 g/mol. The number of carbonyl (C=O) groups excluding carboxylic acids is 1. The summed E-state index contributed by atoms with van der Waals surface area (Å²) in [7, 11) is 0. The Bertz CT molecular complexity index is 833. The van der Waals surface area contributed by atoms with Crippen LogP contribution in [-0.4, -0.2) is 24.8 Å². The largest absolute Gasteiger partial charge is 0.449 e. The Kier molecular flexibility index (Phi) is 5.32. The Morgan fingerprint density at radius 1 is 1.15 bits per heavy atom. The maximum absolute atomic E-state index is 14.2. The summed E-state index contributed by atoms with van der Waals surface area (Å²) in [6.07, 6.45) is 3.97. The third-order valence-corrected chi connectivity index (χ3v) is 5.64. The minimum atomic E-state index is -0.541. The lowest BCUT2D eigenvalue weighted by Gasteiger charge is -2.28. The van der Waals surface area contributed by atoms with Crippen LogP contribution in [-0.2, 0) is 4.74 Å². The molecule has 2 unspecified atom stereocenters. The van der Waals surface area contributed by atoms with Gasteiger partial charge < -0.3 is 10.1 Å². The van der Waals surface area contributed by atoms with Crippen molar-refractivity contribution >= 4 is 23.4 Å². The third kappa shape index (κ3) is 4.25. The van der Waals surface area contributed by atoms with E-state index in [-0.39, 0.29) is 5.82 Å². The lowest BCUT2D eigenvalue weighted by Crippen LogP contribution is -2.39. The molecule has 2 fully saturated rings. The van der Waals surface area contributed by atoms with E-state index in [9.17, 15) is 9.18 Å². The molecule has 4 nitrogen and oxygen atoms in total. The van der Waals surface area contributed by atoms with Crippen molar-refractivity contribution in [1.29, 1.82) is 0 Å². The number of hydrogen-bond acceptors (Lipinski definition) is 3. The average molecular weight is 389 g/mol. The Hall–Kier alpha value is -2.11. The number of benzene rings is 2. The van der Waals surface area contributed by atoms with Gasteiger partial charge in [0.2, 0.25) is 0 Å². The van der Waals surface area contributed by atoms with E-state index in [1.54, 1.807) is 36.4 Å². The van der Waals surface area contributed by atoms with Crippen LogP contribution in [0.3, 0.4) is 0 Å². The number of ether oxygens (including phenoxy) is 1. The van der Waals surface area contributed by atoms with Gasteiger partial charge in [-0.1, -0.05) is 35.9 Å². The number of rotatable bonds is 4. The van der Waals surface area contributed by atoms with Crippen molar-refractivity contribution in [2.24, 2.45) is 5.92 Å². The van der Waals surface area contributed by atoms with Crippen LogP contribution in [0.25, 0.3) is 11.1 Å². The first-order valence-corrected chi connectivity index (χ1v) is 9.70. The molecule has 2 N–H and O–H groups in total. The molecule has 4 rings (SSSR count). The van der Waals surface area contributed by atoms with Gasteiger partial charge in [-0.2, -0.15) is 0 Å². The van der Waals surface area contributed by atoms with Crippen LogP contribution in [0.5, 0.6) is 0 Å². The lowest BCUT2D eigenvalue weighted by atomic mass is 9.93. The third-order valence-electron chi connectivity index (χ3n) is 5.40. The van der Waals surface area contributed by atoms with E-state index in [1.165, 1.54) is 18.9 Å². The second-order valence-electron chi connectivity index (χ2n) is 7.37. The van der Waals surface area contributed by atoms with Crippen LogP contribution in [0, 0.1) is 11.7 Å². The Morgan fingerprint density at radius 3 is 2.63 bits per heavy atom. The summed E-state index contributed by atoms with van der Waals surface area (Å²) in [4.78, 5) is 12.3. The molecule has 2 aromatic rings. The summed E-state index contributed by atoms with van der Waals surface area (Å²) in [5.74, 6) is 0.0290. The molecule has 27 heavy (non-hydrogen) atoms. The van der Waals surface area contributed by atoms with Crippen LogP contribution >= 0.6 is 11.6 Å². The smallest absolute Gasteiger partial charge is 0.411 e. The molecule has 2 aromatic carbocycles. The van der Waals surface area contributed by atoms with E-state index >= 15 is 0 Å². The number of carbonyl (C=O) groups is 1. The van der Waals surface area contributed by atoms with Gasteiger partial charge in [-0.3, -0.25) is 5.32 Å². The van der Waals surface area contributed by atoms with Crippen molar-refractivity contribution in [3.63, 3.8) is 0 Å². The van der Waals surface area contributed by atoms with Crippen LogP contribution in [0.15, 0.2) is 42.5 Å². The monoisotopic (exact) mass is 388 g/mol. The van der Waals surface area contributed by atoms with Crippen molar-refractivity contribution in [2.45, 2.75) is 37.8 Å². The van der Waals surface area contributed by atoms with Gasteiger partial charge in [-0.25, -0.2) is 9.18 Å². The molecular formula is C21H22ClFN2O2. The fraction of sp³-hybridized carbons (Fsp3) is 0.381. The van der Waals surface area contributed by atoms with Gasteiger partial charge >= 0.3 is 6.09 Å². The molecule has 0 aliphatic carbocycles. The van der Waals surface area contributed by atoms with Crippen molar-refractivity contribution in [3.05, 3.63) is 53.3 Å². The van der Waals surface area contributed by atoms with E-state index in [2.05, 4.69) is 10.6 Å². The van der Waals surface area contributed by atoms with Crippen molar-refractivity contribution < 1.29 is 13.9 Å². The zero-order chi connectivity index (χ0) is 18.8. The molecule has 0 aromatic heterocycles. The van der Waals surface area contributed by atoms with Gasteiger partial charge in [0.15, 0.2) is 0 Å². The molecule has 2 saturated heterocycles. The predicted molar refractivity (Wildman–Crippen MR) is 104 cm³/mol. The second-order valence-corrected chi connectivity index (χ2v) is 7.80. The van der Waals surface area contributed by atoms with Crippen LogP contribution in [0.2, 0.25) is 5.02 Å². The van der Waals surface area contributed by atoms with Gasteiger partial charge in [-0.15, -0.1) is 0 Å². The number of fused-ring (bicyclic) bond motifs is 2. The Labute approximate surface area is 163 Å². The average Bonchev–Trinajstić information content (AvgIpc) is 2.99. The highest BCUT2D eigenvalue weighted by atomic mass is 35.5. The zero-order valence-corrected chi connectivity index (χ0v) is 15.6. The van der Waals surface area contributed by atoms with Gasteiger partial charge in [-0.05, 0) is 49.8 Å². The maximum atomic E-state index is 14.2. The van der Waals surface area contributed by atoms with Gasteiger partial charge in [0.05, 0.1) is 12.3 Å². The van der Waals surface area contributed by atoms with E-state index in [0.29, 0.717) is 46.4 Å². The fourth-order valence-electron chi connectivity index (χ4n) is 4.19. The molecule has 0 spiro atoms. The number of anilines is 1. The zero-order valence-electron chi connectivity index (χ0n) is 14.9. The Balaban J connectivity index is 1.43. The van der Waals surface area contributed by atoms with Gasteiger partial charge in [0, 0.05) is 28.2 Å². The topological polar surface area (TPSA) is 50.4 Å². The first-order chi connectivity index (χ1) is 13.1. The minimum Gasteiger partial charge on any atom is -0.449 e. The standard InChI is InChI=1S/C21H22ClFN2O2/c22-14-5-8-18(17-3-1-2-4-19(17)23)20(11-14)25-21(26)27-12-13-9-15-6-7-16(10-13)24-15/h1-5,8,11,13,15-16,24H,6-7,9-10,12H2,(H,25,26). The quantitative estimate of drug-likeness (QED) is 0.754. The van der Waals surface area contributed by atoms with Crippen molar-refractivity contribution in [1.82, 2.24) is 5.32 Å². The summed E-state index contributed by atoms with van der Waals surface area (Å²) in [6, 6.07) is 12.5. The van der Waals surface area contributed by atoms with Crippen molar-refractivity contribution in [2.75, 3.05) is 11.9 Å². The highest BCUT2D eigenvalue weighted by molar-refractivity contribution is 6.31. The molecule has 6 heteroatoms. The van der Waals surface area contributed by atoms with Gasteiger partial charge in [0.25, 0.3) is 0 Å². The number of amides is 1. The van der Waals surface area contributed by atoms with Crippen LogP contribution in [0.1, 0.15) is 25.7 Å². The summed E-state index contributed by atoms with van der Waals surface area (Å²) < 4.78 is 19.6. The Morgan fingerprint density at radius 2 is 1.89 bits per heavy atom. The summed E-state index contributed by atoms with van der Waals surface area (Å²) in [6.45, 7) is 0.399. The minimum absolute atomic E-state index is 0.360. The number of nitrogens with one attached hydrogen (secondary N) is 2. The SMILES string of the molecule is O=C(Nc1cc(Cl)ccc1-c1ccccc1F)OCC1CC2CCC(C1)N2. The maximum Gasteiger partial charge on any atom is 0.411 e. The first-order valence-electron chi connectivity index (χ1n) is 9.33. The van der Waals surface area contributed by atoms with E-state index in [4.69, 9.17) is 16.3 Å². The van der Waals surface area contributed by atoms with Crippen molar-refractivity contribution in [3.8, 4) is 11.1 Å². The molecule has 2 aliphatic rings. The van der Waals surface area contributed by atoms with E-state index < -0.39 is 6.09 Å². The normalized spacial score (nSPS) is 23.9. The summed E-state index contributed by atoms with van der Waals surface area (Å²) in [5, 5.41) is 6.76. The van der Waals surface area contributed by atoms with Crippen LogP contribution in [0.4, 0.5) is 14.9 Å². The second kappa shape index (κ2) is 7.87. The molecule has 142 valence electrons. The first kappa shape index (κ1) is 18.3. The molecule has 2 heterocycles. The summed E-state index contributed by atoms with van der Waals surface area (Å²) in [5.41, 5.74) is 1.40. The lowest BCUT2D eigenvalue weighted by molar-refractivity contribution is 0.122. The molecule has 2 bridgehead atoms. The molecule has 0 radical (unpaired) electrons. The molecule has 0 saturated carbocycles. The highest BCUT2D eigenvalue weighted by Gasteiger charge is 2.33. The summed E-state index contributed by atoms with van der Waals surface area (Å²) >= 11 is 6.07. The van der Waals surface area contributed by atoms with Gasteiger partial charge in [0.1, 0.15) is 5.82 Å². The molecule has 1 amide bonds. The predicted octanol–water partition coefficient (Wildman–Crippen LogP) is 5.23.